The maximum Gasteiger partial charge on any atom is 0.296 e. The summed E-state index contributed by atoms with van der Waals surface area (Å²) in [5.74, 6) is 0. The van der Waals surface area contributed by atoms with E-state index in [4.69, 9.17) is 4.18 Å². The highest BCUT2D eigenvalue weighted by molar-refractivity contribution is 7.86. The Labute approximate surface area is 188 Å². The molecule has 0 saturated heterocycles. The van der Waals surface area contributed by atoms with Crippen LogP contribution in [-0.4, -0.2) is 20.0 Å². The van der Waals surface area contributed by atoms with Gasteiger partial charge in [0.1, 0.15) is 0 Å². The average molecular weight is 444 g/mol. The van der Waals surface area contributed by atoms with Gasteiger partial charge in [0.15, 0.2) is 0 Å². The minimum atomic E-state index is -3.62. The molecule has 1 heterocycles. The van der Waals surface area contributed by atoms with Crippen LogP contribution in [0.25, 0.3) is 0 Å². The third kappa shape index (κ3) is 11.3. The van der Waals surface area contributed by atoms with E-state index in [0.29, 0.717) is 0 Å². The van der Waals surface area contributed by atoms with E-state index in [-0.39, 0.29) is 11.5 Å². The van der Waals surface area contributed by atoms with Crippen LogP contribution in [0.15, 0.2) is 65.8 Å². The number of unbranched alkanes of at least 4 members (excludes halogenated alkanes) is 8. The molecule has 2 aromatic rings. The maximum atomic E-state index is 12.1. The van der Waals surface area contributed by atoms with Gasteiger partial charge in [-0.1, -0.05) is 74.4 Å². The molecular weight excluding hydrogens is 406 g/mol. The zero-order chi connectivity index (χ0) is 22.2. The minimum Gasteiger partial charge on any atom is -0.266 e. The molecule has 0 radical (unpaired) electrons. The van der Waals surface area contributed by atoms with Crippen LogP contribution in [0.4, 0.5) is 0 Å². The first kappa shape index (κ1) is 25.3. The quantitative estimate of drug-likeness (QED) is 0.163. The van der Waals surface area contributed by atoms with E-state index >= 15 is 0 Å². The summed E-state index contributed by atoms with van der Waals surface area (Å²) < 4.78 is 29.3. The molecule has 0 aliphatic heterocycles. The zero-order valence-electron chi connectivity index (χ0n) is 18.8. The second kappa shape index (κ2) is 14.9. The van der Waals surface area contributed by atoms with Crippen LogP contribution >= 0.6 is 0 Å². The largest absolute Gasteiger partial charge is 0.296 e. The highest BCUT2D eigenvalue weighted by Crippen LogP contribution is 2.15. The van der Waals surface area contributed by atoms with Gasteiger partial charge in [0.05, 0.1) is 11.5 Å². The van der Waals surface area contributed by atoms with Crippen molar-refractivity contribution >= 4 is 10.1 Å². The van der Waals surface area contributed by atoms with Crippen molar-refractivity contribution in [2.75, 3.05) is 6.61 Å². The van der Waals surface area contributed by atoms with Crippen molar-refractivity contribution in [3.8, 4) is 0 Å². The van der Waals surface area contributed by atoms with Crippen molar-refractivity contribution in [3.63, 3.8) is 0 Å². The number of pyridine rings is 1. The molecule has 1 aromatic carbocycles. The molecule has 0 aliphatic rings. The van der Waals surface area contributed by atoms with Gasteiger partial charge in [0.2, 0.25) is 0 Å². The Kier molecular flexibility index (Phi) is 12.2. The molecule has 2 rings (SSSR count). The van der Waals surface area contributed by atoms with E-state index in [9.17, 15) is 8.42 Å². The summed E-state index contributed by atoms with van der Waals surface area (Å²) in [6.45, 7) is 2.20. The van der Waals surface area contributed by atoms with Crippen LogP contribution in [0, 0.1) is 6.92 Å². The van der Waals surface area contributed by atoms with Crippen molar-refractivity contribution in [1.82, 2.24) is 4.98 Å². The fraction of sp³-hybridized carbons (Fsp3) is 0.500. The molecule has 4 nitrogen and oxygen atoms in total. The summed E-state index contributed by atoms with van der Waals surface area (Å²) in [6.07, 6.45) is 20.9. The van der Waals surface area contributed by atoms with Crippen molar-refractivity contribution in [3.05, 3.63) is 72.1 Å². The first-order valence-corrected chi connectivity index (χ1v) is 13.0. The van der Waals surface area contributed by atoms with Crippen LogP contribution in [0.3, 0.4) is 0 Å². The second-order valence-electron chi connectivity index (χ2n) is 8.08. The van der Waals surface area contributed by atoms with Gasteiger partial charge in [0, 0.05) is 12.4 Å². The Hall–Kier alpha value is -1.98. The number of aryl methyl sites for hydroxylation is 2. The molecule has 0 bridgehead atoms. The third-order valence-electron chi connectivity index (χ3n) is 5.30. The van der Waals surface area contributed by atoms with Crippen LogP contribution in [0.5, 0.6) is 0 Å². The minimum absolute atomic E-state index is 0.237. The van der Waals surface area contributed by atoms with E-state index in [1.165, 1.54) is 44.1 Å². The van der Waals surface area contributed by atoms with Crippen LogP contribution in [0.2, 0.25) is 0 Å². The number of allylic oxidation sites excluding steroid dienone is 2. The molecule has 5 heteroatoms. The SMILES string of the molecule is Cc1ccc(S(=O)(=O)OCCCCCCCCCC/C=C\CCc2cccnc2)cc1. The normalized spacial score (nSPS) is 11.9. The van der Waals surface area contributed by atoms with Gasteiger partial charge in [-0.3, -0.25) is 9.17 Å². The molecule has 1 aromatic heterocycles. The Morgan fingerprint density at radius 3 is 2.16 bits per heavy atom. The van der Waals surface area contributed by atoms with Crippen molar-refractivity contribution in [2.24, 2.45) is 0 Å². The third-order valence-corrected chi connectivity index (χ3v) is 6.63. The molecule has 0 amide bonds. The van der Waals surface area contributed by atoms with E-state index in [1.807, 2.05) is 25.4 Å². The molecule has 0 unspecified atom stereocenters. The predicted octanol–water partition coefficient (Wildman–Crippen LogP) is 6.80. The summed E-state index contributed by atoms with van der Waals surface area (Å²) in [6, 6.07) is 10.9. The van der Waals surface area contributed by atoms with Gasteiger partial charge in [-0.15, -0.1) is 0 Å². The van der Waals surface area contributed by atoms with E-state index in [1.54, 1.807) is 24.3 Å². The first-order chi connectivity index (χ1) is 15.1. The van der Waals surface area contributed by atoms with Crippen LogP contribution < -0.4 is 0 Å². The van der Waals surface area contributed by atoms with Crippen molar-refractivity contribution in [1.29, 1.82) is 0 Å². The molecule has 0 N–H and O–H groups in total. The summed E-state index contributed by atoms with van der Waals surface area (Å²) in [5, 5.41) is 0. The van der Waals surface area contributed by atoms with Gasteiger partial charge in [-0.05, 0) is 62.8 Å². The molecule has 170 valence electrons. The van der Waals surface area contributed by atoms with E-state index < -0.39 is 10.1 Å². The van der Waals surface area contributed by atoms with E-state index in [0.717, 1.165) is 37.7 Å². The Bertz CT molecular complexity index is 846. The first-order valence-electron chi connectivity index (χ1n) is 11.6. The molecule has 0 fully saturated rings. The summed E-state index contributed by atoms with van der Waals surface area (Å²) in [5.41, 5.74) is 2.33. The Morgan fingerprint density at radius 1 is 0.839 bits per heavy atom. The van der Waals surface area contributed by atoms with Crippen molar-refractivity contribution in [2.45, 2.75) is 82.4 Å². The van der Waals surface area contributed by atoms with Gasteiger partial charge >= 0.3 is 0 Å². The predicted molar refractivity (Wildman–Crippen MR) is 128 cm³/mol. The number of rotatable bonds is 16. The number of aromatic nitrogens is 1. The number of nitrogens with zero attached hydrogens (tertiary/aromatic N) is 1. The topological polar surface area (TPSA) is 56.3 Å². The van der Waals surface area contributed by atoms with Gasteiger partial charge in [0.25, 0.3) is 10.1 Å². The number of hydrogen-bond acceptors (Lipinski definition) is 4. The smallest absolute Gasteiger partial charge is 0.266 e. The highest BCUT2D eigenvalue weighted by Gasteiger charge is 2.14. The number of hydrogen-bond donors (Lipinski definition) is 0. The van der Waals surface area contributed by atoms with Crippen LogP contribution in [-0.2, 0) is 20.7 Å². The summed E-state index contributed by atoms with van der Waals surface area (Å²) in [4.78, 5) is 4.38. The summed E-state index contributed by atoms with van der Waals surface area (Å²) in [7, 11) is -3.62. The molecule has 0 spiro atoms. The Morgan fingerprint density at radius 2 is 1.48 bits per heavy atom. The lowest BCUT2D eigenvalue weighted by molar-refractivity contribution is 0.306. The second-order valence-corrected chi connectivity index (χ2v) is 9.69. The zero-order valence-corrected chi connectivity index (χ0v) is 19.7. The Balaban J connectivity index is 1.38. The van der Waals surface area contributed by atoms with Gasteiger partial charge in [-0.25, -0.2) is 0 Å². The molecule has 0 aliphatic carbocycles. The average Bonchev–Trinajstić information content (AvgIpc) is 2.77. The standard InChI is InChI=1S/C26H37NO3S/c1-24-17-19-26(20-18-24)31(28,29)30-22-13-11-9-7-5-3-2-4-6-8-10-12-15-25-16-14-21-27-23-25/h8,10,14,16-21,23H,2-7,9,11-13,15,22H2,1H3/b10-8-. The monoisotopic (exact) mass is 443 g/mol. The van der Waals surface area contributed by atoms with Crippen LogP contribution in [0.1, 0.15) is 75.3 Å². The summed E-state index contributed by atoms with van der Waals surface area (Å²) >= 11 is 0. The highest BCUT2D eigenvalue weighted by atomic mass is 32.2. The van der Waals surface area contributed by atoms with Gasteiger partial charge < -0.3 is 0 Å². The van der Waals surface area contributed by atoms with Crippen molar-refractivity contribution < 1.29 is 12.6 Å². The van der Waals surface area contributed by atoms with Gasteiger partial charge in [-0.2, -0.15) is 8.42 Å². The molecule has 31 heavy (non-hydrogen) atoms. The molecule has 0 atom stereocenters. The fourth-order valence-electron chi connectivity index (χ4n) is 3.40. The fourth-order valence-corrected chi connectivity index (χ4v) is 4.34. The lowest BCUT2D eigenvalue weighted by atomic mass is 10.1. The lowest BCUT2D eigenvalue weighted by Crippen LogP contribution is -2.07. The molecule has 0 saturated carbocycles. The lowest BCUT2D eigenvalue weighted by Gasteiger charge is -2.06. The maximum absolute atomic E-state index is 12.1. The van der Waals surface area contributed by atoms with E-state index in [2.05, 4.69) is 23.2 Å². The molecular formula is C26H37NO3S. The number of benzene rings is 1.